The normalized spacial score (nSPS) is 27.1. The van der Waals surface area contributed by atoms with Crippen LogP contribution in [0.2, 0.25) is 0 Å². The molecule has 5 aliphatic rings. The van der Waals surface area contributed by atoms with Crippen LogP contribution in [-0.4, -0.2) is 71.3 Å². The number of halogens is 3. The lowest BCUT2D eigenvalue weighted by Gasteiger charge is -2.65. The van der Waals surface area contributed by atoms with E-state index in [9.17, 15) is 23.1 Å². The molecule has 6 nitrogen and oxygen atoms in total. The zero-order valence-electron chi connectivity index (χ0n) is 30.3. The van der Waals surface area contributed by atoms with Crippen molar-refractivity contribution in [1.29, 1.82) is 0 Å². The van der Waals surface area contributed by atoms with E-state index in [0.717, 1.165) is 53.9 Å². The monoisotopic (exact) mass is 734 g/mol. The van der Waals surface area contributed by atoms with Crippen LogP contribution >= 0.6 is 0 Å². The first kappa shape index (κ1) is 35.1. The van der Waals surface area contributed by atoms with Crippen molar-refractivity contribution in [1.82, 2.24) is 9.80 Å². The fraction of sp³-hybridized carbons (Fsp3) is 0.400. The highest BCUT2D eigenvalue weighted by Crippen LogP contribution is 2.66. The molecular weight excluding hydrogens is 689 g/mol. The quantitative estimate of drug-likeness (QED) is 0.167. The summed E-state index contributed by atoms with van der Waals surface area (Å²) in [4.78, 5) is 19.2. The fourth-order valence-electron chi connectivity index (χ4n) is 10.4. The zero-order chi connectivity index (χ0) is 37.2. The van der Waals surface area contributed by atoms with Crippen LogP contribution in [-0.2, 0) is 22.8 Å². The summed E-state index contributed by atoms with van der Waals surface area (Å²) in [6.45, 7) is 2.11. The van der Waals surface area contributed by atoms with E-state index in [0.29, 0.717) is 43.2 Å². The molecule has 9 rings (SSSR count). The molecule has 1 saturated heterocycles. The molecule has 2 bridgehead atoms. The Hall–Kier alpha value is -4.60. The topological polar surface area (TPSA) is 62.2 Å². The minimum atomic E-state index is -4.50. The SMILES string of the molecule is COc1ccc2c3c1OC1C(N(CC(c4ccccc4)c4ccccc4)C(=O)/C=C/c4cccc(C(F)(F)F)c4)CC[C@@]4(O)[C@@H](C2)N(CC2CC2)CC[C@]314. The van der Waals surface area contributed by atoms with E-state index < -0.39 is 34.9 Å². The maximum atomic E-state index is 14.8. The number of aliphatic hydroxyl groups is 1. The molecule has 2 heterocycles. The van der Waals surface area contributed by atoms with Crippen molar-refractivity contribution < 1.29 is 32.5 Å². The first-order valence-electron chi connectivity index (χ1n) is 19.2. The molecule has 3 fully saturated rings. The Morgan fingerprint density at radius 1 is 0.981 bits per heavy atom. The Kier molecular flexibility index (Phi) is 8.65. The van der Waals surface area contributed by atoms with Crippen LogP contribution in [0.25, 0.3) is 6.08 Å². The van der Waals surface area contributed by atoms with Gasteiger partial charge >= 0.3 is 6.18 Å². The number of amides is 1. The molecule has 1 spiro atoms. The smallest absolute Gasteiger partial charge is 0.416 e. The second kappa shape index (κ2) is 13.3. The molecule has 4 aromatic carbocycles. The second-order valence-corrected chi connectivity index (χ2v) is 15.9. The largest absolute Gasteiger partial charge is 0.493 e. The Balaban J connectivity index is 1.15. The number of methoxy groups -OCH3 is 1. The molecule has 4 aromatic rings. The Bertz CT molecular complexity index is 2030. The number of ether oxygens (including phenoxy) is 2. The highest BCUT2D eigenvalue weighted by molar-refractivity contribution is 5.92. The summed E-state index contributed by atoms with van der Waals surface area (Å²) in [5, 5.41) is 13.2. The number of hydrogen-bond acceptors (Lipinski definition) is 5. The van der Waals surface area contributed by atoms with Crippen LogP contribution < -0.4 is 9.47 Å². The van der Waals surface area contributed by atoms with E-state index in [1.54, 1.807) is 13.2 Å². The fourth-order valence-corrected chi connectivity index (χ4v) is 10.4. The number of hydrogen-bond donors (Lipinski definition) is 1. The summed E-state index contributed by atoms with van der Waals surface area (Å²) in [5.41, 5.74) is 1.94. The van der Waals surface area contributed by atoms with Crippen molar-refractivity contribution >= 4 is 12.0 Å². The second-order valence-electron chi connectivity index (χ2n) is 15.9. The predicted molar refractivity (Wildman–Crippen MR) is 200 cm³/mol. The average molecular weight is 735 g/mol. The van der Waals surface area contributed by atoms with Crippen molar-refractivity contribution in [2.45, 2.75) is 79.8 Å². The molecule has 2 aliphatic heterocycles. The standard InChI is InChI=1S/C45H45F3N2O4/c1-53-37-19-18-33-26-38-44(52)22-21-36(42-43(44,40(33)41(37)54-42)23-24-49(38)27-30-15-16-30)50(39(51)20-17-29-9-8-14-34(25-29)45(46,47)48)28-35(31-10-4-2-5-11-31)32-12-6-3-7-13-32/h2-14,17-20,25,30,35-36,38,42,52H,15-16,21-24,26-28H2,1H3/b20-17+/t36?,38-,42?,43+,44-/m1/s1. The molecule has 2 saturated carbocycles. The highest BCUT2D eigenvalue weighted by Gasteiger charge is 2.73. The van der Waals surface area contributed by atoms with E-state index in [1.807, 2.05) is 47.4 Å². The highest BCUT2D eigenvalue weighted by atomic mass is 19.4. The number of nitrogens with zero attached hydrogens (tertiary/aromatic N) is 2. The lowest BCUT2D eigenvalue weighted by Crippen LogP contribution is -2.78. The number of likely N-dealkylation sites (tertiary alicyclic amines) is 1. The summed E-state index contributed by atoms with van der Waals surface area (Å²) in [6.07, 6.45) is 2.67. The first-order chi connectivity index (χ1) is 26.1. The van der Waals surface area contributed by atoms with Gasteiger partial charge in [0, 0.05) is 36.7 Å². The minimum absolute atomic E-state index is 0.0721. The molecule has 1 N–H and O–H groups in total. The van der Waals surface area contributed by atoms with E-state index in [-0.39, 0.29) is 23.4 Å². The van der Waals surface area contributed by atoms with Gasteiger partial charge < -0.3 is 19.5 Å². The third-order valence-corrected chi connectivity index (χ3v) is 13.0. The van der Waals surface area contributed by atoms with Gasteiger partial charge in [0.2, 0.25) is 5.91 Å². The van der Waals surface area contributed by atoms with Crippen LogP contribution in [0, 0.1) is 5.92 Å². The van der Waals surface area contributed by atoms with Gasteiger partial charge in [-0.2, -0.15) is 13.2 Å². The van der Waals surface area contributed by atoms with Gasteiger partial charge in [0.05, 0.1) is 29.7 Å². The van der Waals surface area contributed by atoms with E-state index in [1.165, 1.54) is 31.1 Å². The van der Waals surface area contributed by atoms with Gasteiger partial charge in [-0.1, -0.05) is 78.9 Å². The van der Waals surface area contributed by atoms with Gasteiger partial charge in [-0.05, 0) is 97.5 Å². The molecular formula is C45H45F3N2O4. The van der Waals surface area contributed by atoms with Crippen molar-refractivity contribution in [3.63, 3.8) is 0 Å². The Labute approximate surface area is 314 Å². The van der Waals surface area contributed by atoms with Crippen LogP contribution in [0.5, 0.6) is 11.5 Å². The maximum absolute atomic E-state index is 14.8. The molecule has 54 heavy (non-hydrogen) atoms. The van der Waals surface area contributed by atoms with E-state index in [4.69, 9.17) is 9.47 Å². The first-order valence-corrected chi connectivity index (χ1v) is 19.2. The lowest BCUT2D eigenvalue weighted by molar-refractivity contribution is -0.201. The lowest BCUT2D eigenvalue weighted by atomic mass is 9.48. The Morgan fingerprint density at radius 2 is 1.70 bits per heavy atom. The number of alkyl halides is 3. The number of carbonyl (C=O) groups is 1. The van der Waals surface area contributed by atoms with Gasteiger partial charge in [0.25, 0.3) is 0 Å². The summed E-state index contributed by atoms with van der Waals surface area (Å²) >= 11 is 0. The van der Waals surface area contributed by atoms with E-state index >= 15 is 0 Å². The summed E-state index contributed by atoms with van der Waals surface area (Å²) in [7, 11) is 1.63. The molecule has 0 aromatic heterocycles. The maximum Gasteiger partial charge on any atom is 0.416 e. The van der Waals surface area contributed by atoms with Crippen LogP contribution in [0.3, 0.4) is 0 Å². The van der Waals surface area contributed by atoms with E-state index in [2.05, 4.69) is 35.2 Å². The van der Waals surface area contributed by atoms with Crippen LogP contribution in [0.1, 0.15) is 71.4 Å². The molecule has 5 atom stereocenters. The van der Waals surface area contributed by atoms with Gasteiger partial charge in [0.1, 0.15) is 6.10 Å². The van der Waals surface area contributed by atoms with Crippen molar-refractivity contribution in [3.05, 3.63) is 137 Å². The molecule has 0 radical (unpaired) electrons. The van der Waals surface area contributed by atoms with Crippen molar-refractivity contribution in [2.24, 2.45) is 5.92 Å². The number of carbonyl (C=O) groups excluding carboxylic acids is 1. The van der Waals surface area contributed by atoms with Gasteiger partial charge in [-0.15, -0.1) is 0 Å². The molecule has 2 unspecified atom stereocenters. The molecule has 1 amide bonds. The third-order valence-electron chi connectivity index (χ3n) is 13.0. The summed E-state index contributed by atoms with van der Waals surface area (Å²) in [5.74, 6) is 1.43. The summed E-state index contributed by atoms with van der Waals surface area (Å²) < 4.78 is 53.9. The number of piperidine rings is 1. The van der Waals surface area contributed by atoms with Crippen LogP contribution in [0.4, 0.5) is 13.2 Å². The molecule has 3 aliphatic carbocycles. The number of rotatable bonds is 10. The number of benzene rings is 4. The van der Waals surface area contributed by atoms with Crippen molar-refractivity contribution in [3.8, 4) is 11.5 Å². The molecule has 9 heteroatoms. The van der Waals surface area contributed by atoms with Gasteiger partial charge in [-0.3, -0.25) is 9.69 Å². The van der Waals surface area contributed by atoms with Crippen molar-refractivity contribution in [2.75, 3.05) is 26.7 Å². The Morgan fingerprint density at radius 3 is 2.37 bits per heavy atom. The average Bonchev–Trinajstić information content (AvgIpc) is 3.93. The molecule has 280 valence electrons. The predicted octanol–water partition coefficient (Wildman–Crippen LogP) is 8.02. The summed E-state index contributed by atoms with van der Waals surface area (Å²) in [6, 6.07) is 28.8. The van der Waals surface area contributed by atoms with Crippen LogP contribution in [0.15, 0.2) is 103 Å². The van der Waals surface area contributed by atoms with Gasteiger partial charge in [-0.25, -0.2) is 0 Å². The third kappa shape index (κ3) is 5.73. The minimum Gasteiger partial charge on any atom is -0.493 e. The van der Waals surface area contributed by atoms with Gasteiger partial charge in [0.15, 0.2) is 11.5 Å². The zero-order valence-corrected chi connectivity index (χ0v) is 30.3.